The number of methoxy groups -OCH3 is 1. The highest BCUT2D eigenvalue weighted by Gasteiger charge is 2.38. The standard InChI is InChI=1S/C46H54N4O7/c1-46(2,3)50(45(55)56)39(43(53)48-30-38(32-15-7-5-8-16-32)33-17-9-6-10-18-33)21-13-14-28-47-44(54)40-29-35-19-11-12-20-36(35)31-49(40)42(52)27-26-41(51)34-22-24-37(57-4)25-23-34/h5-12,15-20,22-25,38-40H,13-14,21,26-31H2,1-4H3,(H,47,54)(H,48,53)(H,55,56)/t39-,40-/m0/s1. The van der Waals surface area contributed by atoms with Gasteiger partial charge in [0.2, 0.25) is 17.7 Å². The minimum absolute atomic E-state index is 0.00743. The number of Topliss-reactive ketones (excluding diaryl/α,β-unsaturated/α-hetero) is 1. The SMILES string of the molecule is COc1ccc(C(=O)CCC(=O)N2Cc3ccccc3C[C@H]2C(=O)NCCCC[C@@H](C(=O)NCC(c2ccccc2)c2ccccc2)N(C(=O)O)C(C)(C)C)cc1. The fourth-order valence-corrected chi connectivity index (χ4v) is 7.48. The van der Waals surface area contributed by atoms with Crippen molar-refractivity contribution in [1.82, 2.24) is 20.4 Å². The minimum Gasteiger partial charge on any atom is -0.497 e. The molecule has 0 saturated carbocycles. The summed E-state index contributed by atoms with van der Waals surface area (Å²) in [5.41, 5.74) is 3.65. The van der Waals surface area contributed by atoms with E-state index in [-0.39, 0.29) is 68.3 Å². The Morgan fingerprint density at radius 2 is 1.39 bits per heavy atom. The Morgan fingerprint density at radius 1 is 0.789 bits per heavy atom. The molecular weight excluding hydrogens is 721 g/mol. The fraction of sp³-hybridized carbons (Fsp3) is 0.370. The van der Waals surface area contributed by atoms with Crippen molar-refractivity contribution in [2.24, 2.45) is 0 Å². The third-order valence-corrected chi connectivity index (χ3v) is 10.5. The molecule has 1 heterocycles. The first-order valence-electron chi connectivity index (χ1n) is 19.6. The molecule has 0 spiro atoms. The van der Waals surface area contributed by atoms with Crippen molar-refractivity contribution in [3.63, 3.8) is 0 Å². The van der Waals surface area contributed by atoms with Crippen molar-refractivity contribution < 1.29 is 33.8 Å². The number of nitrogens with one attached hydrogen (secondary N) is 2. The number of carbonyl (C=O) groups is 5. The number of ether oxygens (including phenoxy) is 1. The van der Waals surface area contributed by atoms with Crippen molar-refractivity contribution in [3.8, 4) is 5.75 Å². The minimum atomic E-state index is -1.19. The Labute approximate surface area is 335 Å². The lowest BCUT2D eigenvalue weighted by molar-refractivity contribution is -0.141. The summed E-state index contributed by atoms with van der Waals surface area (Å²) in [4.78, 5) is 69.6. The summed E-state index contributed by atoms with van der Waals surface area (Å²) in [7, 11) is 1.55. The summed E-state index contributed by atoms with van der Waals surface area (Å²) in [5.74, 6) is -0.633. The van der Waals surface area contributed by atoms with Gasteiger partial charge in [-0.3, -0.25) is 24.1 Å². The van der Waals surface area contributed by atoms with E-state index in [0.29, 0.717) is 30.6 Å². The molecule has 2 atom stereocenters. The Morgan fingerprint density at radius 3 is 1.96 bits per heavy atom. The van der Waals surface area contributed by atoms with Gasteiger partial charge in [0.1, 0.15) is 17.8 Å². The summed E-state index contributed by atoms with van der Waals surface area (Å²) in [6.45, 7) is 6.12. The first kappa shape index (κ1) is 42.2. The number of carbonyl (C=O) groups excluding carboxylic acids is 4. The molecule has 0 fully saturated rings. The molecule has 57 heavy (non-hydrogen) atoms. The summed E-state index contributed by atoms with van der Waals surface area (Å²) in [5, 5.41) is 16.4. The van der Waals surface area contributed by atoms with E-state index in [1.54, 1.807) is 57.0 Å². The molecule has 0 aromatic heterocycles. The van der Waals surface area contributed by atoms with Crippen LogP contribution < -0.4 is 15.4 Å². The number of hydrogen-bond acceptors (Lipinski definition) is 6. The molecule has 4 aromatic rings. The number of benzene rings is 4. The van der Waals surface area contributed by atoms with E-state index in [4.69, 9.17) is 4.74 Å². The monoisotopic (exact) mass is 774 g/mol. The normalized spacial score (nSPS) is 14.3. The Balaban J connectivity index is 1.21. The predicted molar refractivity (Wildman–Crippen MR) is 219 cm³/mol. The van der Waals surface area contributed by atoms with Gasteiger partial charge in [0.05, 0.1) is 7.11 Å². The van der Waals surface area contributed by atoms with Crippen LogP contribution in [0.1, 0.15) is 91.4 Å². The van der Waals surface area contributed by atoms with E-state index in [0.717, 1.165) is 22.3 Å². The number of carboxylic acid groups (broad SMARTS) is 1. The van der Waals surface area contributed by atoms with Crippen LogP contribution in [0.2, 0.25) is 0 Å². The lowest BCUT2D eigenvalue weighted by Gasteiger charge is -2.39. The number of unbranched alkanes of at least 4 members (excludes halogenated alkanes) is 1. The van der Waals surface area contributed by atoms with Gasteiger partial charge in [-0.05, 0) is 86.6 Å². The van der Waals surface area contributed by atoms with Gasteiger partial charge in [-0.2, -0.15) is 0 Å². The first-order valence-corrected chi connectivity index (χ1v) is 19.6. The molecule has 0 bridgehead atoms. The van der Waals surface area contributed by atoms with Crippen LogP contribution in [0.25, 0.3) is 0 Å². The second-order valence-electron chi connectivity index (χ2n) is 15.4. The van der Waals surface area contributed by atoms with E-state index in [1.807, 2.05) is 84.9 Å². The molecular formula is C46H54N4O7. The molecule has 4 amide bonds. The van der Waals surface area contributed by atoms with Crippen LogP contribution in [0.15, 0.2) is 109 Å². The zero-order chi connectivity index (χ0) is 41.0. The molecule has 300 valence electrons. The van der Waals surface area contributed by atoms with Crippen molar-refractivity contribution in [3.05, 3.63) is 137 Å². The molecule has 11 nitrogen and oxygen atoms in total. The van der Waals surface area contributed by atoms with Gasteiger partial charge in [0, 0.05) is 55.9 Å². The lowest BCUT2D eigenvalue weighted by Crippen LogP contribution is -2.57. The van der Waals surface area contributed by atoms with Crippen molar-refractivity contribution in [1.29, 1.82) is 0 Å². The van der Waals surface area contributed by atoms with Gasteiger partial charge in [0.15, 0.2) is 5.78 Å². The summed E-state index contributed by atoms with van der Waals surface area (Å²) < 4.78 is 5.17. The number of nitrogens with zero attached hydrogens (tertiary/aromatic N) is 2. The Kier molecular flexibility index (Phi) is 14.6. The van der Waals surface area contributed by atoms with Crippen LogP contribution in [0, 0.1) is 0 Å². The zero-order valence-electron chi connectivity index (χ0n) is 33.3. The topological polar surface area (TPSA) is 145 Å². The maximum absolute atomic E-state index is 13.9. The van der Waals surface area contributed by atoms with Crippen LogP contribution in [-0.4, -0.2) is 82.3 Å². The maximum atomic E-state index is 13.9. The molecule has 0 saturated heterocycles. The first-order chi connectivity index (χ1) is 27.4. The van der Waals surface area contributed by atoms with Crippen LogP contribution in [0.4, 0.5) is 4.79 Å². The second kappa shape index (κ2) is 19.8. The third-order valence-electron chi connectivity index (χ3n) is 10.5. The van der Waals surface area contributed by atoms with E-state index in [1.165, 1.54) is 4.90 Å². The molecule has 11 heteroatoms. The molecule has 0 unspecified atom stereocenters. The molecule has 5 rings (SSSR count). The summed E-state index contributed by atoms with van der Waals surface area (Å²) in [6, 6.07) is 32.5. The largest absolute Gasteiger partial charge is 0.497 e. The van der Waals surface area contributed by atoms with E-state index < -0.39 is 23.7 Å². The smallest absolute Gasteiger partial charge is 0.408 e. The quantitative estimate of drug-likeness (QED) is 0.0775. The fourth-order valence-electron chi connectivity index (χ4n) is 7.48. The van der Waals surface area contributed by atoms with Crippen LogP contribution in [-0.2, 0) is 27.3 Å². The van der Waals surface area contributed by atoms with Gasteiger partial charge in [0.25, 0.3) is 0 Å². The molecule has 0 radical (unpaired) electrons. The van der Waals surface area contributed by atoms with E-state index in [9.17, 15) is 29.1 Å². The summed E-state index contributed by atoms with van der Waals surface area (Å²) in [6.07, 6.45) is 0.316. The van der Waals surface area contributed by atoms with Gasteiger partial charge < -0.3 is 25.4 Å². The highest BCUT2D eigenvalue weighted by atomic mass is 16.5. The zero-order valence-corrected chi connectivity index (χ0v) is 33.3. The molecule has 4 aromatic carbocycles. The second-order valence-corrected chi connectivity index (χ2v) is 15.4. The molecule has 1 aliphatic rings. The maximum Gasteiger partial charge on any atom is 0.408 e. The summed E-state index contributed by atoms with van der Waals surface area (Å²) >= 11 is 0. The van der Waals surface area contributed by atoms with Crippen molar-refractivity contribution >= 4 is 29.6 Å². The number of rotatable bonds is 17. The molecule has 3 N–H and O–H groups in total. The Hall–Kier alpha value is -5.97. The predicted octanol–water partition coefficient (Wildman–Crippen LogP) is 6.99. The van der Waals surface area contributed by atoms with E-state index >= 15 is 0 Å². The van der Waals surface area contributed by atoms with Crippen LogP contribution in [0.5, 0.6) is 5.75 Å². The third kappa shape index (κ3) is 11.3. The lowest BCUT2D eigenvalue weighted by atomic mass is 9.91. The number of hydrogen-bond donors (Lipinski definition) is 3. The number of amides is 4. The number of ketones is 1. The van der Waals surface area contributed by atoms with Gasteiger partial charge in [-0.15, -0.1) is 0 Å². The van der Waals surface area contributed by atoms with Crippen LogP contribution in [0.3, 0.4) is 0 Å². The van der Waals surface area contributed by atoms with Crippen LogP contribution >= 0.6 is 0 Å². The highest BCUT2D eigenvalue weighted by molar-refractivity contribution is 5.98. The van der Waals surface area contributed by atoms with E-state index in [2.05, 4.69) is 10.6 Å². The average Bonchev–Trinajstić information content (AvgIpc) is 3.21. The van der Waals surface area contributed by atoms with Gasteiger partial charge in [-0.25, -0.2) is 4.79 Å². The van der Waals surface area contributed by atoms with Crippen molar-refractivity contribution in [2.45, 2.75) is 89.4 Å². The number of fused-ring (bicyclic) bond motifs is 1. The van der Waals surface area contributed by atoms with Gasteiger partial charge in [-0.1, -0.05) is 84.9 Å². The Bertz CT molecular complexity index is 1940. The van der Waals surface area contributed by atoms with Gasteiger partial charge >= 0.3 is 6.09 Å². The molecule has 1 aliphatic heterocycles. The van der Waals surface area contributed by atoms with Crippen molar-refractivity contribution in [2.75, 3.05) is 20.2 Å². The highest BCUT2D eigenvalue weighted by Crippen LogP contribution is 2.27. The average molecular weight is 775 g/mol. The molecule has 0 aliphatic carbocycles.